The molecule has 0 fully saturated rings. The lowest BCUT2D eigenvalue weighted by Gasteiger charge is -2.13. The number of phenolic OH excluding ortho intramolecular Hbond substituents is 1. The number of rotatable bonds is 7. The highest BCUT2D eigenvalue weighted by atomic mass is 35.5. The number of methoxy groups -OCH3 is 1. The van der Waals surface area contributed by atoms with Crippen molar-refractivity contribution in [2.75, 3.05) is 12.4 Å². The van der Waals surface area contributed by atoms with Gasteiger partial charge in [-0.2, -0.15) is 13.5 Å². The monoisotopic (exact) mass is 573 g/mol. The molecule has 196 valence electrons. The number of ether oxygens (including phenoxy) is 1. The van der Waals surface area contributed by atoms with E-state index in [9.17, 15) is 22.9 Å². The standard InChI is InChI=1S/C26H21Cl2N3O6S/c1-3-17-21(28)11-15(12-23(17)38(34,35)36)30-31-24-18-7-5-4-6-14(18)10-19(25(24)32)26(33)29-22-13-16(37-2)8-9-20(22)27/h4-13,32H,3H2,1-2H3,(H,29,33)(H,34,35,36). The van der Waals surface area contributed by atoms with Crippen molar-refractivity contribution in [1.29, 1.82) is 0 Å². The third-order valence-electron chi connectivity index (χ3n) is 5.70. The highest BCUT2D eigenvalue weighted by Crippen LogP contribution is 2.40. The zero-order valence-electron chi connectivity index (χ0n) is 20.1. The van der Waals surface area contributed by atoms with Crippen molar-refractivity contribution >= 4 is 67.1 Å². The minimum atomic E-state index is -4.58. The van der Waals surface area contributed by atoms with Gasteiger partial charge in [-0.3, -0.25) is 9.35 Å². The zero-order valence-corrected chi connectivity index (χ0v) is 22.4. The highest BCUT2D eigenvalue weighted by molar-refractivity contribution is 7.85. The van der Waals surface area contributed by atoms with E-state index in [4.69, 9.17) is 27.9 Å². The number of benzene rings is 4. The van der Waals surface area contributed by atoms with E-state index in [1.165, 1.54) is 25.3 Å². The topological polar surface area (TPSA) is 138 Å². The number of halogens is 2. The van der Waals surface area contributed by atoms with Gasteiger partial charge in [0.15, 0.2) is 5.75 Å². The molecule has 0 radical (unpaired) electrons. The molecule has 0 saturated heterocycles. The Hall–Kier alpha value is -3.70. The quantitative estimate of drug-likeness (QED) is 0.156. The van der Waals surface area contributed by atoms with Gasteiger partial charge in [-0.05, 0) is 47.7 Å². The number of carbonyl (C=O) groups is 1. The Kier molecular flexibility index (Phi) is 7.89. The number of azo groups is 1. The fraction of sp³-hybridized carbons (Fsp3) is 0.115. The number of hydrogen-bond donors (Lipinski definition) is 3. The Morgan fingerprint density at radius 2 is 1.76 bits per heavy atom. The van der Waals surface area contributed by atoms with Gasteiger partial charge in [0.05, 0.1) is 29.1 Å². The lowest BCUT2D eigenvalue weighted by atomic mass is 10.0. The predicted octanol–water partition coefficient (Wildman–Crippen LogP) is 7.34. The SMILES string of the molecule is CCc1c(Cl)cc(N=Nc2c(O)c(C(=O)Nc3cc(OC)ccc3Cl)cc3ccccc23)cc1S(=O)(=O)O. The first-order chi connectivity index (χ1) is 18.0. The minimum absolute atomic E-state index is 0.0151. The van der Waals surface area contributed by atoms with Gasteiger partial charge >= 0.3 is 0 Å². The number of nitrogens with zero attached hydrogens (tertiary/aromatic N) is 2. The van der Waals surface area contributed by atoms with E-state index in [1.54, 1.807) is 43.3 Å². The van der Waals surface area contributed by atoms with Gasteiger partial charge in [0.1, 0.15) is 16.3 Å². The molecule has 0 aliphatic rings. The van der Waals surface area contributed by atoms with E-state index in [0.29, 0.717) is 16.5 Å². The summed E-state index contributed by atoms with van der Waals surface area (Å²) >= 11 is 12.4. The number of anilines is 1. The third-order valence-corrected chi connectivity index (χ3v) is 7.28. The summed E-state index contributed by atoms with van der Waals surface area (Å²) in [5.41, 5.74) is 0.386. The van der Waals surface area contributed by atoms with E-state index < -0.39 is 21.8 Å². The molecule has 0 bridgehead atoms. The molecule has 4 aromatic rings. The van der Waals surface area contributed by atoms with Crippen LogP contribution in [0.5, 0.6) is 11.5 Å². The van der Waals surface area contributed by atoms with Gasteiger partial charge < -0.3 is 15.2 Å². The van der Waals surface area contributed by atoms with Gasteiger partial charge in [0.2, 0.25) is 0 Å². The molecule has 0 saturated carbocycles. The van der Waals surface area contributed by atoms with Crippen LogP contribution in [0.1, 0.15) is 22.8 Å². The molecule has 0 spiro atoms. The van der Waals surface area contributed by atoms with Gasteiger partial charge in [0.25, 0.3) is 16.0 Å². The third kappa shape index (κ3) is 5.58. The van der Waals surface area contributed by atoms with Crippen LogP contribution in [-0.2, 0) is 16.5 Å². The first-order valence-corrected chi connectivity index (χ1v) is 13.3. The maximum atomic E-state index is 13.2. The number of fused-ring (bicyclic) bond motifs is 1. The number of amides is 1. The Bertz CT molecular complexity index is 1710. The molecule has 4 aromatic carbocycles. The molecule has 3 N–H and O–H groups in total. The second-order valence-electron chi connectivity index (χ2n) is 8.08. The summed E-state index contributed by atoms with van der Waals surface area (Å²) in [6, 6.07) is 15.6. The Morgan fingerprint density at radius 3 is 2.45 bits per heavy atom. The van der Waals surface area contributed by atoms with Crippen molar-refractivity contribution in [2.24, 2.45) is 10.2 Å². The first kappa shape index (κ1) is 27.3. The fourth-order valence-corrected chi connectivity index (χ4v) is 5.25. The van der Waals surface area contributed by atoms with Gasteiger partial charge in [-0.15, -0.1) is 5.11 Å². The van der Waals surface area contributed by atoms with E-state index in [2.05, 4.69) is 15.5 Å². The largest absolute Gasteiger partial charge is 0.505 e. The molecule has 4 rings (SSSR count). The molecule has 0 aliphatic carbocycles. The smallest absolute Gasteiger partial charge is 0.294 e. The van der Waals surface area contributed by atoms with Crippen molar-refractivity contribution in [1.82, 2.24) is 0 Å². The van der Waals surface area contributed by atoms with Crippen LogP contribution in [0.15, 0.2) is 75.8 Å². The van der Waals surface area contributed by atoms with Crippen LogP contribution in [0.3, 0.4) is 0 Å². The van der Waals surface area contributed by atoms with Crippen molar-refractivity contribution < 1.29 is 27.6 Å². The van der Waals surface area contributed by atoms with Crippen molar-refractivity contribution in [2.45, 2.75) is 18.2 Å². The van der Waals surface area contributed by atoms with Crippen LogP contribution < -0.4 is 10.1 Å². The molecule has 0 heterocycles. The summed E-state index contributed by atoms with van der Waals surface area (Å²) in [5.74, 6) is -0.655. The number of phenols is 1. The van der Waals surface area contributed by atoms with Crippen LogP contribution in [-0.4, -0.2) is 31.1 Å². The van der Waals surface area contributed by atoms with Crippen LogP contribution in [0.2, 0.25) is 10.0 Å². The van der Waals surface area contributed by atoms with E-state index in [0.717, 1.165) is 6.07 Å². The van der Waals surface area contributed by atoms with E-state index >= 15 is 0 Å². The Labute approximate surface area is 228 Å². The van der Waals surface area contributed by atoms with Crippen LogP contribution in [0, 0.1) is 0 Å². The summed E-state index contributed by atoms with van der Waals surface area (Å²) in [7, 11) is -3.11. The normalized spacial score (nSPS) is 11.7. The summed E-state index contributed by atoms with van der Waals surface area (Å²) < 4.78 is 38.6. The van der Waals surface area contributed by atoms with Gasteiger partial charge in [0, 0.05) is 16.5 Å². The first-order valence-electron chi connectivity index (χ1n) is 11.1. The van der Waals surface area contributed by atoms with Crippen molar-refractivity contribution in [3.8, 4) is 11.5 Å². The second-order valence-corrected chi connectivity index (χ2v) is 10.3. The maximum Gasteiger partial charge on any atom is 0.294 e. The second kappa shape index (κ2) is 11.0. The van der Waals surface area contributed by atoms with Crippen LogP contribution in [0.25, 0.3) is 10.8 Å². The molecule has 12 heteroatoms. The molecule has 0 atom stereocenters. The number of carbonyl (C=O) groups excluding carboxylic acids is 1. The molecule has 9 nitrogen and oxygen atoms in total. The molecule has 0 aliphatic heterocycles. The number of hydrogen-bond acceptors (Lipinski definition) is 7. The summed E-state index contributed by atoms with van der Waals surface area (Å²) in [6.45, 7) is 1.69. The average Bonchev–Trinajstić information content (AvgIpc) is 2.88. The fourth-order valence-electron chi connectivity index (χ4n) is 3.85. The summed E-state index contributed by atoms with van der Waals surface area (Å²) in [5, 5.41) is 23.3. The zero-order chi connectivity index (χ0) is 27.6. The lowest BCUT2D eigenvalue weighted by Crippen LogP contribution is -2.12. The Balaban J connectivity index is 1.81. The molecule has 0 aromatic heterocycles. The summed E-state index contributed by atoms with van der Waals surface area (Å²) in [4.78, 5) is 12.8. The van der Waals surface area contributed by atoms with Crippen molar-refractivity contribution in [3.63, 3.8) is 0 Å². The maximum absolute atomic E-state index is 13.2. The van der Waals surface area contributed by atoms with Gasteiger partial charge in [-0.25, -0.2) is 0 Å². The van der Waals surface area contributed by atoms with Crippen LogP contribution in [0.4, 0.5) is 17.1 Å². The Morgan fingerprint density at radius 1 is 1.03 bits per heavy atom. The van der Waals surface area contributed by atoms with Crippen molar-refractivity contribution in [3.05, 3.63) is 81.8 Å². The van der Waals surface area contributed by atoms with E-state index in [1.807, 2.05) is 0 Å². The molecular weight excluding hydrogens is 553 g/mol. The number of nitrogens with one attached hydrogen (secondary N) is 1. The summed E-state index contributed by atoms with van der Waals surface area (Å²) in [6.07, 6.45) is 0.255. The van der Waals surface area contributed by atoms with Gasteiger partial charge in [-0.1, -0.05) is 54.4 Å². The lowest BCUT2D eigenvalue weighted by molar-refractivity contribution is 0.102. The highest BCUT2D eigenvalue weighted by Gasteiger charge is 2.21. The molecule has 38 heavy (non-hydrogen) atoms. The minimum Gasteiger partial charge on any atom is -0.505 e. The van der Waals surface area contributed by atoms with Crippen LogP contribution >= 0.6 is 23.2 Å². The molecule has 0 unspecified atom stereocenters. The average molecular weight is 574 g/mol. The van der Waals surface area contributed by atoms with E-state index in [-0.39, 0.29) is 49.6 Å². The predicted molar refractivity (Wildman–Crippen MR) is 146 cm³/mol. The molecular formula is C26H21Cl2N3O6S. The number of aromatic hydroxyl groups is 1. The molecule has 1 amide bonds.